The Kier molecular flexibility index (Phi) is 448. The molecular weight excluding hydrogens is 192 g/mol. The van der Waals surface area contributed by atoms with E-state index in [0.717, 1.165) is 0 Å². The molecule has 0 radical (unpaired) electrons. The van der Waals surface area contributed by atoms with Gasteiger partial charge in [-0.15, -0.1) is 13.2 Å². The molecular formula is C16H42. The van der Waals surface area contributed by atoms with Crippen molar-refractivity contribution in [1.29, 1.82) is 0 Å². The second kappa shape index (κ2) is 199. The Morgan fingerprint density at radius 1 is 0.500 bits per heavy atom. The van der Waals surface area contributed by atoms with Crippen LogP contribution in [-0.4, -0.2) is 0 Å². The maximum absolute atomic E-state index is 3.00. The van der Waals surface area contributed by atoms with Gasteiger partial charge in [-0.2, -0.15) is 0 Å². The smallest absolute Gasteiger partial charge is 0.0564 e. The van der Waals surface area contributed by atoms with Gasteiger partial charge >= 0.3 is 0 Å². The SMILES string of the molecule is C=C.CC.CC.CCC.CCC.CCCC. The predicted octanol–water partition coefficient (Wildman–Crippen LogP) is 7.49. The summed E-state index contributed by atoms with van der Waals surface area (Å²) >= 11 is 0. The molecule has 0 nitrogen and oxygen atoms in total. The van der Waals surface area contributed by atoms with E-state index in [2.05, 4.69) is 54.7 Å². The van der Waals surface area contributed by atoms with Gasteiger partial charge in [0.2, 0.25) is 0 Å². The van der Waals surface area contributed by atoms with Gasteiger partial charge in [-0.25, -0.2) is 0 Å². The zero-order valence-electron chi connectivity index (χ0n) is 14.2. The summed E-state index contributed by atoms with van der Waals surface area (Å²) in [6.07, 6.45) is 5.14. The van der Waals surface area contributed by atoms with Gasteiger partial charge in [-0.3, -0.25) is 0 Å². The van der Waals surface area contributed by atoms with Crippen molar-refractivity contribution >= 4 is 0 Å². The van der Waals surface area contributed by atoms with Gasteiger partial charge < -0.3 is 0 Å². The third kappa shape index (κ3) is 4070. The molecule has 0 aromatic carbocycles. The zero-order valence-corrected chi connectivity index (χ0v) is 14.2. The molecule has 0 aliphatic carbocycles. The van der Waals surface area contributed by atoms with Crippen LogP contribution in [0.4, 0.5) is 0 Å². The fraction of sp³-hybridized carbons (Fsp3) is 0.875. The van der Waals surface area contributed by atoms with Crippen LogP contribution in [0.2, 0.25) is 0 Å². The Hall–Kier alpha value is -0.260. The van der Waals surface area contributed by atoms with Crippen LogP contribution < -0.4 is 0 Å². The molecule has 0 amide bonds. The predicted molar refractivity (Wildman–Crippen MR) is 86.5 cm³/mol. The monoisotopic (exact) mass is 234 g/mol. The first kappa shape index (κ1) is 36.0. The molecule has 0 aromatic heterocycles. The van der Waals surface area contributed by atoms with Gasteiger partial charge in [0, 0.05) is 0 Å². The van der Waals surface area contributed by atoms with Crippen LogP contribution in [0.1, 0.15) is 94.9 Å². The molecule has 0 rings (SSSR count). The zero-order chi connectivity index (χ0) is 14.8. The summed E-state index contributed by atoms with van der Waals surface area (Å²) in [5, 5.41) is 0. The van der Waals surface area contributed by atoms with Gasteiger partial charge in [0.25, 0.3) is 0 Å². The second-order valence-electron chi connectivity index (χ2n) is 2.41. The van der Waals surface area contributed by atoms with Crippen LogP contribution in [0.5, 0.6) is 0 Å². The maximum atomic E-state index is 3.00. The van der Waals surface area contributed by atoms with Gasteiger partial charge in [-0.1, -0.05) is 94.9 Å². The van der Waals surface area contributed by atoms with Crippen molar-refractivity contribution in [3.63, 3.8) is 0 Å². The lowest BCUT2D eigenvalue weighted by molar-refractivity contribution is 0.886. The van der Waals surface area contributed by atoms with E-state index < -0.39 is 0 Å². The van der Waals surface area contributed by atoms with Crippen LogP contribution in [0, 0.1) is 0 Å². The van der Waals surface area contributed by atoms with Crippen molar-refractivity contribution in [3.05, 3.63) is 13.2 Å². The molecule has 0 bridgehead atoms. The fourth-order valence-corrected chi connectivity index (χ4v) is 0. The lowest BCUT2D eigenvalue weighted by Crippen LogP contribution is -1.47. The Bertz CT molecular complexity index is 19.2. The van der Waals surface area contributed by atoms with Crippen LogP contribution in [-0.2, 0) is 0 Å². The van der Waals surface area contributed by atoms with E-state index in [1.165, 1.54) is 25.7 Å². The molecule has 0 atom stereocenters. The number of unbranched alkanes of at least 4 members (excludes halogenated alkanes) is 1. The Labute approximate surface area is 109 Å². The number of hydrogen-bond donors (Lipinski definition) is 0. The Morgan fingerprint density at radius 2 is 0.562 bits per heavy atom. The van der Waals surface area contributed by atoms with Crippen LogP contribution >= 0.6 is 0 Å². The molecule has 0 N–H and O–H groups in total. The third-order valence-electron chi connectivity index (χ3n) is 0.500. The molecule has 0 aromatic rings. The van der Waals surface area contributed by atoms with Crippen molar-refractivity contribution < 1.29 is 0 Å². The molecule has 0 spiro atoms. The molecule has 0 fully saturated rings. The Morgan fingerprint density at radius 3 is 0.562 bits per heavy atom. The first-order valence-electron chi connectivity index (χ1n) is 7.24. The molecule has 0 heterocycles. The van der Waals surface area contributed by atoms with E-state index >= 15 is 0 Å². The highest BCUT2D eigenvalue weighted by Gasteiger charge is 1.56. The Balaban J connectivity index is -0.0000000193. The topological polar surface area (TPSA) is 0 Å². The highest BCUT2D eigenvalue weighted by molar-refractivity contribution is 4.22. The normalized spacial score (nSPS) is 5.12. The highest BCUT2D eigenvalue weighted by atomic mass is 13.6. The van der Waals surface area contributed by atoms with Crippen molar-refractivity contribution in [2.24, 2.45) is 0 Å². The molecule has 0 heteroatoms. The summed E-state index contributed by atoms with van der Waals surface area (Å²) < 4.78 is 0. The van der Waals surface area contributed by atoms with Crippen molar-refractivity contribution in [1.82, 2.24) is 0 Å². The minimum Gasteiger partial charge on any atom is -0.106 e. The lowest BCUT2D eigenvalue weighted by atomic mass is 10.4. The second-order valence-corrected chi connectivity index (χ2v) is 2.41. The van der Waals surface area contributed by atoms with Crippen LogP contribution in [0.15, 0.2) is 13.2 Å². The minimum absolute atomic E-state index is 1.25. The van der Waals surface area contributed by atoms with Gasteiger partial charge in [0.1, 0.15) is 0 Å². The van der Waals surface area contributed by atoms with E-state index in [9.17, 15) is 0 Å². The van der Waals surface area contributed by atoms with Gasteiger partial charge in [-0.05, 0) is 0 Å². The molecule has 0 aliphatic rings. The third-order valence-corrected chi connectivity index (χ3v) is 0.500. The van der Waals surface area contributed by atoms with Crippen LogP contribution in [0.25, 0.3) is 0 Å². The molecule has 0 saturated carbocycles. The van der Waals surface area contributed by atoms with E-state index in [1.54, 1.807) is 0 Å². The summed E-state index contributed by atoms with van der Waals surface area (Å²) in [5.74, 6) is 0. The molecule has 16 heavy (non-hydrogen) atoms. The van der Waals surface area contributed by atoms with E-state index in [1.807, 2.05) is 27.7 Å². The first-order chi connectivity index (χ1) is 7.74. The minimum atomic E-state index is 1.25. The van der Waals surface area contributed by atoms with Crippen LogP contribution in [0.3, 0.4) is 0 Å². The van der Waals surface area contributed by atoms with E-state index in [4.69, 9.17) is 0 Å². The highest BCUT2D eigenvalue weighted by Crippen LogP contribution is 1.76. The molecule has 0 aliphatic heterocycles. The summed E-state index contributed by atoms with van der Waals surface area (Å²) in [6.45, 7) is 26.9. The first-order valence-corrected chi connectivity index (χ1v) is 7.24. The van der Waals surface area contributed by atoms with E-state index in [0.29, 0.717) is 0 Å². The molecule has 0 unspecified atom stereocenters. The van der Waals surface area contributed by atoms with Gasteiger partial charge in [0.15, 0.2) is 0 Å². The average molecular weight is 235 g/mol. The number of rotatable bonds is 1. The average Bonchev–Trinajstić information content (AvgIpc) is 2.38. The van der Waals surface area contributed by atoms with Crippen molar-refractivity contribution in [2.75, 3.05) is 0 Å². The summed E-state index contributed by atoms with van der Waals surface area (Å²) in [6, 6.07) is 0. The summed E-state index contributed by atoms with van der Waals surface area (Å²) in [4.78, 5) is 0. The van der Waals surface area contributed by atoms with Crippen molar-refractivity contribution in [3.8, 4) is 0 Å². The standard InChI is InChI=1S/C4H10.2C3H8.2C2H6.C2H4/c1-3-4-2;2*1-3-2;3*1-2/h3-4H2,1-2H3;2*3H2,1-2H3;2*1-2H3;1-2H2. The maximum Gasteiger partial charge on any atom is -0.0564 e. The molecule has 106 valence electrons. The quantitative estimate of drug-likeness (QED) is 0.412. The van der Waals surface area contributed by atoms with Crippen molar-refractivity contribution in [2.45, 2.75) is 94.9 Å². The lowest BCUT2D eigenvalue weighted by Gasteiger charge is -1.68. The fourth-order valence-electron chi connectivity index (χ4n) is 0. The summed E-state index contributed by atoms with van der Waals surface area (Å²) in [7, 11) is 0. The number of hydrogen-bond acceptors (Lipinski definition) is 0. The molecule has 0 saturated heterocycles. The van der Waals surface area contributed by atoms with Gasteiger partial charge in [0.05, 0.1) is 0 Å². The largest absolute Gasteiger partial charge is 0.106 e. The summed E-state index contributed by atoms with van der Waals surface area (Å²) in [5.41, 5.74) is 0. The van der Waals surface area contributed by atoms with E-state index in [-0.39, 0.29) is 0 Å².